The predicted octanol–water partition coefficient (Wildman–Crippen LogP) is 1.86. The van der Waals surface area contributed by atoms with E-state index in [4.69, 9.17) is 4.74 Å². The first-order chi connectivity index (χ1) is 9.65. The van der Waals surface area contributed by atoms with Crippen LogP contribution in [0, 0.1) is 6.92 Å². The number of ether oxygens (including phenoxy) is 1. The van der Waals surface area contributed by atoms with Gasteiger partial charge in [-0.3, -0.25) is 4.79 Å². The summed E-state index contributed by atoms with van der Waals surface area (Å²) in [6.45, 7) is 1.91. The van der Waals surface area contributed by atoms with Gasteiger partial charge in [-0.25, -0.2) is 5.43 Å². The number of aromatic nitrogens is 1. The Balaban J connectivity index is 1.79. The standard InChI is InChI=1S/C15H17N3O2/c1-12-5-3-7-14(9-12)20-11-15(19)17-16-10-13-6-4-8-18(13)2/h3-10H,11H2,1-2H3,(H,17,19)/b16-10-. The molecule has 2 aromatic rings. The molecule has 0 fully saturated rings. The van der Waals surface area contributed by atoms with Crippen LogP contribution in [0.4, 0.5) is 0 Å². The Morgan fingerprint density at radius 3 is 2.95 bits per heavy atom. The molecule has 0 atom stereocenters. The number of hydrazone groups is 1. The lowest BCUT2D eigenvalue weighted by Gasteiger charge is -2.05. The van der Waals surface area contributed by atoms with Gasteiger partial charge in [0.2, 0.25) is 0 Å². The summed E-state index contributed by atoms with van der Waals surface area (Å²) in [4.78, 5) is 11.6. The van der Waals surface area contributed by atoms with Gasteiger partial charge in [0, 0.05) is 13.2 Å². The summed E-state index contributed by atoms with van der Waals surface area (Å²) in [6, 6.07) is 11.4. The monoisotopic (exact) mass is 271 g/mol. The van der Waals surface area contributed by atoms with Crippen LogP contribution in [0.15, 0.2) is 47.7 Å². The maximum Gasteiger partial charge on any atom is 0.277 e. The van der Waals surface area contributed by atoms with E-state index in [2.05, 4.69) is 10.5 Å². The van der Waals surface area contributed by atoms with Gasteiger partial charge in [-0.15, -0.1) is 0 Å². The van der Waals surface area contributed by atoms with Crippen molar-refractivity contribution in [3.8, 4) is 5.75 Å². The van der Waals surface area contributed by atoms with Gasteiger partial charge in [-0.2, -0.15) is 5.10 Å². The van der Waals surface area contributed by atoms with E-state index < -0.39 is 0 Å². The number of benzene rings is 1. The van der Waals surface area contributed by atoms with E-state index in [-0.39, 0.29) is 12.5 Å². The van der Waals surface area contributed by atoms with Gasteiger partial charge in [0.05, 0.1) is 11.9 Å². The van der Waals surface area contributed by atoms with Crippen molar-refractivity contribution in [1.82, 2.24) is 9.99 Å². The third-order valence-electron chi connectivity index (χ3n) is 2.73. The summed E-state index contributed by atoms with van der Waals surface area (Å²) < 4.78 is 7.27. The van der Waals surface area contributed by atoms with E-state index in [1.165, 1.54) is 0 Å². The highest BCUT2D eigenvalue weighted by atomic mass is 16.5. The van der Waals surface area contributed by atoms with Crippen LogP contribution in [-0.4, -0.2) is 23.3 Å². The van der Waals surface area contributed by atoms with E-state index in [9.17, 15) is 4.79 Å². The van der Waals surface area contributed by atoms with Crippen molar-refractivity contribution in [2.24, 2.45) is 12.1 Å². The van der Waals surface area contributed by atoms with Crippen molar-refractivity contribution >= 4 is 12.1 Å². The number of hydrogen-bond acceptors (Lipinski definition) is 3. The van der Waals surface area contributed by atoms with Crippen molar-refractivity contribution in [1.29, 1.82) is 0 Å². The highest BCUT2D eigenvalue weighted by molar-refractivity contribution is 5.81. The van der Waals surface area contributed by atoms with E-state index in [0.717, 1.165) is 11.3 Å². The molecule has 1 aromatic heterocycles. The fourth-order valence-electron chi connectivity index (χ4n) is 1.67. The molecule has 0 aliphatic rings. The molecule has 20 heavy (non-hydrogen) atoms. The van der Waals surface area contributed by atoms with Gasteiger partial charge in [0.25, 0.3) is 5.91 Å². The first-order valence-electron chi connectivity index (χ1n) is 6.28. The van der Waals surface area contributed by atoms with Crippen LogP contribution >= 0.6 is 0 Å². The number of hydrogen-bond donors (Lipinski definition) is 1. The van der Waals surface area contributed by atoms with Crippen molar-refractivity contribution in [2.45, 2.75) is 6.92 Å². The van der Waals surface area contributed by atoms with Gasteiger partial charge in [0.15, 0.2) is 6.61 Å². The number of carbonyl (C=O) groups is 1. The molecule has 0 unspecified atom stereocenters. The van der Waals surface area contributed by atoms with Crippen LogP contribution in [0.25, 0.3) is 0 Å². The van der Waals surface area contributed by atoms with E-state index in [0.29, 0.717) is 5.75 Å². The van der Waals surface area contributed by atoms with Crippen molar-refractivity contribution in [3.05, 3.63) is 53.9 Å². The highest BCUT2D eigenvalue weighted by Crippen LogP contribution is 2.11. The minimum absolute atomic E-state index is 0.0616. The molecular formula is C15H17N3O2. The van der Waals surface area contributed by atoms with Crippen LogP contribution in [-0.2, 0) is 11.8 Å². The summed E-state index contributed by atoms with van der Waals surface area (Å²) in [5, 5.41) is 3.88. The number of nitrogens with one attached hydrogen (secondary N) is 1. The molecule has 1 N–H and O–H groups in total. The number of rotatable bonds is 5. The maximum atomic E-state index is 11.6. The van der Waals surface area contributed by atoms with Crippen molar-refractivity contribution in [2.75, 3.05) is 6.61 Å². The Hall–Kier alpha value is -2.56. The second kappa shape index (κ2) is 6.56. The largest absolute Gasteiger partial charge is 0.484 e. The van der Waals surface area contributed by atoms with Crippen LogP contribution in [0.2, 0.25) is 0 Å². The SMILES string of the molecule is Cc1cccc(OCC(=O)N/N=C\c2cccn2C)c1. The quantitative estimate of drug-likeness (QED) is 0.666. The zero-order valence-corrected chi connectivity index (χ0v) is 11.5. The van der Waals surface area contributed by atoms with Gasteiger partial charge in [-0.1, -0.05) is 12.1 Å². The molecule has 0 radical (unpaired) electrons. The summed E-state index contributed by atoms with van der Waals surface area (Å²) in [5.41, 5.74) is 4.42. The molecule has 0 saturated heterocycles. The molecule has 1 heterocycles. The summed E-state index contributed by atoms with van der Waals surface area (Å²) in [6.07, 6.45) is 3.49. The average Bonchev–Trinajstić information content (AvgIpc) is 2.82. The Kier molecular flexibility index (Phi) is 4.55. The zero-order valence-electron chi connectivity index (χ0n) is 11.5. The number of aryl methyl sites for hydroxylation is 2. The normalized spacial score (nSPS) is 10.7. The maximum absolute atomic E-state index is 11.6. The summed E-state index contributed by atoms with van der Waals surface area (Å²) in [7, 11) is 1.91. The predicted molar refractivity (Wildman–Crippen MR) is 77.8 cm³/mol. The van der Waals surface area contributed by atoms with E-state index in [1.807, 2.05) is 61.1 Å². The fraction of sp³-hybridized carbons (Fsp3) is 0.200. The van der Waals surface area contributed by atoms with Crippen LogP contribution < -0.4 is 10.2 Å². The third-order valence-corrected chi connectivity index (χ3v) is 2.73. The number of carbonyl (C=O) groups excluding carboxylic acids is 1. The fourth-order valence-corrected chi connectivity index (χ4v) is 1.67. The smallest absolute Gasteiger partial charge is 0.277 e. The Morgan fingerprint density at radius 2 is 2.25 bits per heavy atom. The minimum Gasteiger partial charge on any atom is -0.484 e. The van der Waals surface area contributed by atoms with E-state index >= 15 is 0 Å². The lowest BCUT2D eigenvalue weighted by Crippen LogP contribution is -2.24. The van der Waals surface area contributed by atoms with Crippen molar-refractivity contribution < 1.29 is 9.53 Å². The van der Waals surface area contributed by atoms with Gasteiger partial charge in [-0.05, 0) is 36.8 Å². The Labute approximate surface area is 117 Å². The molecule has 5 heteroatoms. The van der Waals surface area contributed by atoms with Crippen molar-refractivity contribution in [3.63, 3.8) is 0 Å². The van der Waals surface area contributed by atoms with E-state index in [1.54, 1.807) is 6.21 Å². The first kappa shape index (κ1) is 13.9. The second-order valence-electron chi connectivity index (χ2n) is 4.44. The zero-order chi connectivity index (χ0) is 14.4. The molecule has 0 aliphatic heterocycles. The molecule has 5 nitrogen and oxygen atoms in total. The minimum atomic E-state index is -0.294. The molecule has 104 valence electrons. The average molecular weight is 271 g/mol. The molecule has 0 spiro atoms. The molecule has 1 aromatic carbocycles. The summed E-state index contributed by atoms with van der Waals surface area (Å²) in [5.74, 6) is 0.378. The van der Waals surface area contributed by atoms with Crippen LogP contribution in [0.1, 0.15) is 11.3 Å². The van der Waals surface area contributed by atoms with Gasteiger partial charge in [0.1, 0.15) is 5.75 Å². The second-order valence-corrected chi connectivity index (χ2v) is 4.44. The number of nitrogens with zero attached hydrogens (tertiary/aromatic N) is 2. The lowest BCUT2D eigenvalue weighted by molar-refractivity contribution is -0.123. The molecule has 0 saturated carbocycles. The van der Waals surface area contributed by atoms with Gasteiger partial charge < -0.3 is 9.30 Å². The summed E-state index contributed by atoms with van der Waals surface area (Å²) >= 11 is 0. The Bertz CT molecular complexity index is 617. The Morgan fingerprint density at radius 1 is 1.40 bits per heavy atom. The molecular weight excluding hydrogens is 254 g/mol. The molecule has 1 amide bonds. The molecule has 0 bridgehead atoms. The number of amides is 1. The van der Waals surface area contributed by atoms with Gasteiger partial charge >= 0.3 is 0 Å². The molecule has 2 rings (SSSR count). The highest BCUT2D eigenvalue weighted by Gasteiger charge is 2.01. The molecule has 0 aliphatic carbocycles. The first-order valence-corrected chi connectivity index (χ1v) is 6.28. The topological polar surface area (TPSA) is 55.6 Å². The van der Waals surface area contributed by atoms with Crippen LogP contribution in [0.5, 0.6) is 5.75 Å². The lowest BCUT2D eigenvalue weighted by atomic mass is 10.2. The third kappa shape index (κ3) is 3.98. The van der Waals surface area contributed by atoms with Crippen LogP contribution in [0.3, 0.4) is 0 Å².